The van der Waals surface area contributed by atoms with Crippen molar-refractivity contribution in [3.63, 3.8) is 0 Å². The molecule has 110 valence electrons. The maximum Gasteiger partial charge on any atom is 0.220 e. The maximum atomic E-state index is 12.0. The van der Waals surface area contributed by atoms with Crippen molar-refractivity contribution in [2.45, 2.75) is 51.2 Å². The minimum atomic E-state index is -0.169. The molecule has 0 heterocycles. The van der Waals surface area contributed by atoms with Crippen molar-refractivity contribution in [3.05, 3.63) is 34.9 Å². The summed E-state index contributed by atoms with van der Waals surface area (Å²) in [6.07, 6.45) is 3.56. The second kappa shape index (κ2) is 7.09. The minimum absolute atomic E-state index is 0.0817. The molecule has 1 amide bonds. The summed E-state index contributed by atoms with van der Waals surface area (Å²) < 4.78 is 0. The maximum absolute atomic E-state index is 12.0. The molecule has 1 aliphatic carbocycles. The van der Waals surface area contributed by atoms with Crippen LogP contribution in [-0.4, -0.2) is 23.2 Å². The molecule has 1 aliphatic rings. The van der Waals surface area contributed by atoms with Crippen molar-refractivity contribution < 1.29 is 9.90 Å². The van der Waals surface area contributed by atoms with Crippen LogP contribution in [0.3, 0.4) is 0 Å². The molecule has 0 bridgehead atoms. The molecular formula is C16H22ClNO2. The van der Waals surface area contributed by atoms with Gasteiger partial charge in [-0.1, -0.05) is 30.7 Å². The SMILES string of the molecule is CC[C@@H](NC(=O)CCc1cccc(Cl)c1)C1CC(O)C1. The van der Waals surface area contributed by atoms with Crippen molar-refractivity contribution in [1.29, 1.82) is 0 Å². The molecular weight excluding hydrogens is 274 g/mol. The number of rotatable bonds is 6. The van der Waals surface area contributed by atoms with E-state index >= 15 is 0 Å². The summed E-state index contributed by atoms with van der Waals surface area (Å²) in [5.74, 6) is 0.517. The lowest BCUT2D eigenvalue weighted by molar-refractivity contribution is -0.123. The topological polar surface area (TPSA) is 49.3 Å². The quantitative estimate of drug-likeness (QED) is 0.848. The Morgan fingerprint density at radius 1 is 1.50 bits per heavy atom. The highest BCUT2D eigenvalue weighted by molar-refractivity contribution is 6.30. The number of aryl methyl sites for hydroxylation is 1. The Hall–Kier alpha value is -1.06. The Kier molecular flexibility index (Phi) is 5.44. The smallest absolute Gasteiger partial charge is 0.220 e. The van der Waals surface area contributed by atoms with E-state index in [-0.39, 0.29) is 18.1 Å². The van der Waals surface area contributed by atoms with Crippen LogP contribution in [0.5, 0.6) is 0 Å². The summed E-state index contributed by atoms with van der Waals surface area (Å²) >= 11 is 5.92. The Morgan fingerprint density at radius 3 is 2.85 bits per heavy atom. The van der Waals surface area contributed by atoms with Crippen LogP contribution in [0.1, 0.15) is 38.2 Å². The van der Waals surface area contributed by atoms with Gasteiger partial charge >= 0.3 is 0 Å². The zero-order chi connectivity index (χ0) is 14.5. The van der Waals surface area contributed by atoms with Crippen LogP contribution in [0.15, 0.2) is 24.3 Å². The number of benzene rings is 1. The summed E-state index contributed by atoms with van der Waals surface area (Å²) in [6, 6.07) is 7.82. The van der Waals surface area contributed by atoms with Gasteiger partial charge in [-0.3, -0.25) is 4.79 Å². The van der Waals surface area contributed by atoms with Gasteiger partial charge in [-0.15, -0.1) is 0 Å². The minimum Gasteiger partial charge on any atom is -0.393 e. The molecule has 20 heavy (non-hydrogen) atoms. The standard InChI is InChI=1S/C16H22ClNO2/c1-2-15(12-9-14(19)10-12)18-16(20)7-6-11-4-3-5-13(17)8-11/h3-5,8,12,14-15,19H,2,6-7,9-10H2,1H3,(H,18,20)/t12?,14?,15-/m1/s1. The van der Waals surface area contributed by atoms with Crippen LogP contribution < -0.4 is 5.32 Å². The molecule has 0 saturated heterocycles. The summed E-state index contributed by atoms with van der Waals surface area (Å²) in [5, 5.41) is 13.1. The van der Waals surface area contributed by atoms with Gasteiger partial charge in [-0.25, -0.2) is 0 Å². The van der Waals surface area contributed by atoms with Crippen LogP contribution in [0.4, 0.5) is 0 Å². The first-order valence-corrected chi connectivity index (χ1v) is 7.68. The van der Waals surface area contributed by atoms with E-state index in [1.54, 1.807) is 0 Å². The van der Waals surface area contributed by atoms with E-state index in [0.717, 1.165) is 24.8 Å². The monoisotopic (exact) mass is 295 g/mol. The lowest BCUT2D eigenvalue weighted by Crippen LogP contribution is -2.46. The molecule has 0 aliphatic heterocycles. The Balaban J connectivity index is 1.77. The number of carbonyl (C=O) groups excluding carboxylic acids is 1. The number of halogens is 1. The first-order chi connectivity index (χ1) is 9.58. The van der Waals surface area contributed by atoms with Gasteiger partial charge < -0.3 is 10.4 Å². The molecule has 3 nitrogen and oxygen atoms in total. The van der Waals surface area contributed by atoms with Crippen LogP contribution in [0, 0.1) is 5.92 Å². The Morgan fingerprint density at radius 2 is 2.25 bits per heavy atom. The zero-order valence-corrected chi connectivity index (χ0v) is 12.6. The van der Waals surface area contributed by atoms with E-state index in [1.807, 2.05) is 24.3 Å². The van der Waals surface area contributed by atoms with Crippen LogP contribution in [0.25, 0.3) is 0 Å². The third-order valence-corrected chi connectivity index (χ3v) is 4.27. The van der Waals surface area contributed by atoms with Crippen LogP contribution >= 0.6 is 11.6 Å². The van der Waals surface area contributed by atoms with Crippen molar-refractivity contribution in [2.75, 3.05) is 0 Å². The van der Waals surface area contributed by atoms with Gasteiger partial charge in [0, 0.05) is 17.5 Å². The number of hydrogen-bond donors (Lipinski definition) is 2. The predicted octanol–water partition coefficient (Wildman–Crippen LogP) is 2.94. The number of aliphatic hydroxyl groups is 1. The fourth-order valence-electron chi connectivity index (χ4n) is 2.74. The molecule has 1 aromatic carbocycles. The number of hydrogen-bond acceptors (Lipinski definition) is 2. The van der Waals surface area contributed by atoms with Crippen LogP contribution in [0.2, 0.25) is 5.02 Å². The number of carbonyl (C=O) groups is 1. The van der Waals surface area contributed by atoms with Gasteiger partial charge in [0.1, 0.15) is 0 Å². The van der Waals surface area contributed by atoms with Crippen molar-refractivity contribution in [2.24, 2.45) is 5.92 Å². The molecule has 2 N–H and O–H groups in total. The molecule has 4 heteroatoms. The van der Waals surface area contributed by atoms with E-state index in [2.05, 4.69) is 12.2 Å². The molecule has 1 atom stereocenters. The summed E-state index contributed by atoms with van der Waals surface area (Å²) in [6.45, 7) is 2.08. The van der Waals surface area contributed by atoms with E-state index in [4.69, 9.17) is 11.6 Å². The molecule has 0 radical (unpaired) electrons. The van der Waals surface area contributed by atoms with Gasteiger partial charge in [0.25, 0.3) is 0 Å². The zero-order valence-electron chi connectivity index (χ0n) is 11.8. The van der Waals surface area contributed by atoms with E-state index < -0.39 is 0 Å². The summed E-state index contributed by atoms with van der Waals surface area (Å²) in [7, 11) is 0. The highest BCUT2D eigenvalue weighted by Gasteiger charge is 2.33. The van der Waals surface area contributed by atoms with E-state index in [9.17, 15) is 9.90 Å². The second-order valence-electron chi connectivity index (χ2n) is 5.60. The molecule has 2 rings (SSSR count). The largest absolute Gasteiger partial charge is 0.393 e. The van der Waals surface area contributed by atoms with Crippen molar-refractivity contribution in [1.82, 2.24) is 5.32 Å². The first-order valence-electron chi connectivity index (χ1n) is 7.30. The van der Waals surface area contributed by atoms with Crippen molar-refractivity contribution >= 4 is 17.5 Å². The lowest BCUT2D eigenvalue weighted by Gasteiger charge is -2.37. The van der Waals surface area contributed by atoms with Gasteiger partial charge in [-0.2, -0.15) is 0 Å². The molecule has 1 saturated carbocycles. The van der Waals surface area contributed by atoms with Gasteiger partial charge in [-0.05, 0) is 49.3 Å². The summed E-state index contributed by atoms with van der Waals surface area (Å²) in [4.78, 5) is 12.0. The number of amides is 1. The fraction of sp³-hybridized carbons (Fsp3) is 0.562. The van der Waals surface area contributed by atoms with Crippen LogP contribution in [-0.2, 0) is 11.2 Å². The average Bonchev–Trinajstić information content (AvgIpc) is 2.39. The predicted molar refractivity (Wildman–Crippen MR) is 80.7 cm³/mol. The number of nitrogens with one attached hydrogen (secondary N) is 1. The average molecular weight is 296 g/mol. The normalized spacial score (nSPS) is 22.9. The first kappa shape index (κ1) is 15.3. The second-order valence-corrected chi connectivity index (χ2v) is 6.03. The van der Waals surface area contributed by atoms with E-state index in [0.29, 0.717) is 23.8 Å². The molecule has 0 spiro atoms. The Labute approximate surface area is 125 Å². The van der Waals surface area contributed by atoms with Gasteiger partial charge in [0.15, 0.2) is 0 Å². The van der Waals surface area contributed by atoms with Gasteiger partial charge in [0.05, 0.1) is 6.10 Å². The molecule has 0 unspecified atom stereocenters. The molecule has 1 aromatic rings. The van der Waals surface area contributed by atoms with Crippen molar-refractivity contribution in [3.8, 4) is 0 Å². The lowest BCUT2D eigenvalue weighted by atomic mass is 9.76. The highest BCUT2D eigenvalue weighted by atomic mass is 35.5. The van der Waals surface area contributed by atoms with E-state index in [1.165, 1.54) is 0 Å². The van der Waals surface area contributed by atoms with Gasteiger partial charge in [0.2, 0.25) is 5.91 Å². The summed E-state index contributed by atoms with van der Waals surface area (Å²) in [5.41, 5.74) is 1.08. The third-order valence-electron chi connectivity index (χ3n) is 4.03. The third kappa shape index (κ3) is 4.22. The fourth-order valence-corrected chi connectivity index (χ4v) is 2.95. The molecule has 1 fully saturated rings. The Bertz CT molecular complexity index is 458. The number of aliphatic hydroxyl groups excluding tert-OH is 1. The highest BCUT2D eigenvalue weighted by Crippen LogP contribution is 2.31. The molecule has 0 aromatic heterocycles.